The summed E-state index contributed by atoms with van der Waals surface area (Å²) in [6.45, 7) is 4.53. The summed E-state index contributed by atoms with van der Waals surface area (Å²) in [6.07, 6.45) is 1.08. The average molecular weight is 477 g/mol. The topological polar surface area (TPSA) is 30.2 Å². The molecular formula is C24H20IN3. The van der Waals surface area contributed by atoms with Crippen molar-refractivity contribution in [2.75, 3.05) is 0 Å². The van der Waals surface area contributed by atoms with Crippen molar-refractivity contribution in [3.8, 4) is 11.4 Å². The van der Waals surface area contributed by atoms with Crippen molar-refractivity contribution >= 4 is 49.9 Å². The molecule has 0 unspecified atom stereocenters. The number of aromatic nitrogens is 3. The van der Waals surface area contributed by atoms with E-state index < -0.39 is 0 Å². The van der Waals surface area contributed by atoms with E-state index in [1.54, 1.807) is 0 Å². The first kappa shape index (κ1) is 17.6. The third-order valence-corrected chi connectivity index (χ3v) is 5.89. The molecule has 0 aliphatic carbocycles. The zero-order chi connectivity index (χ0) is 19.3. The van der Waals surface area contributed by atoms with Crippen molar-refractivity contribution in [1.29, 1.82) is 0 Å². The molecule has 5 aromatic rings. The van der Waals surface area contributed by atoms with Crippen LogP contribution in [0.15, 0.2) is 66.7 Å². The summed E-state index contributed by atoms with van der Waals surface area (Å²) < 4.78 is 3.42. The summed E-state index contributed by atoms with van der Waals surface area (Å²) in [5.74, 6) is 1.52. The van der Waals surface area contributed by atoms with Crippen LogP contribution < -0.4 is 0 Å². The molecule has 0 amide bonds. The van der Waals surface area contributed by atoms with Crippen LogP contribution in [0.25, 0.3) is 38.7 Å². The molecule has 4 heteroatoms. The Morgan fingerprint density at radius 3 is 2.36 bits per heavy atom. The van der Waals surface area contributed by atoms with Crippen molar-refractivity contribution in [3.05, 3.63) is 75.9 Å². The van der Waals surface area contributed by atoms with Crippen molar-refractivity contribution in [2.45, 2.75) is 20.3 Å². The van der Waals surface area contributed by atoms with Gasteiger partial charge in [-0.1, -0.05) is 56.3 Å². The van der Waals surface area contributed by atoms with Gasteiger partial charge < -0.3 is 0 Å². The molecule has 2 aromatic heterocycles. The Hall–Kier alpha value is -2.47. The predicted molar refractivity (Wildman–Crippen MR) is 125 cm³/mol. The molecule has 0 radical (unpaired) electrons. The van der Waals surface area contributed by atoms with E-state index in [4.69, 9.17) is 0 Å². The molecule has 0 bridgehead atoms. The highest BCUT2D eigenvalue weighted by molar-refractivity contribution is 14.1. The van der Waals surface area contributed by atoms with Gasteiger partial charge in [-0.25, -0.2) is 0 Å². The second-order valence-corrected chi connectivity index (χ2v) is 8.93. The van der Waals surface area contributed by atoms with Gasteiger partial charge >= 0.3 is 0 Å². The van der Waals surface area contributed by atoms with Gasteiger partial charge in [-0.05, 0) is 70.1 Å². The van der Waals surface area contributed by atoms with Gasteiger partial charge in [0, 0.05) is 19.9 Å². The van der Waals surface area contributed by atoms with Crippen molar-refractivity contribution in [2.24, 2.45) is 5.92 Å². The van der Waals surface area contributed by atoms with E-state index in [1.165, 1.54) is 19.9 Å². The third kappa shape index (κ3) is 2.87. The third-order valence-electron chi connectivity index (χ3n) is 5.17. The minimum atomic E-state index is 0.629. The van der Waals surface area contributed by atoms with Gasteiger partial charge in [-0.3, -0.25) is 4.40 Å². The molecule has 3 nitrogen and oxygen atoms in total. The Labute approximate surface area is 177 Å². The fraction of sp³-hybridized carbons (Fsp3) is 0.167. The van der Waals surface area contributed by atoms with E-state index in [0.29, 0.717) is 5.92 Å². The lowest BCUT2D eigenvalue weighted by molar-refractivity contribution is 0.648. The van der Waals surface area contributed by atoms with Crippen molar-refractivity contribution < 1.29 is 0 Å². The van der Waals surface area contributed by atoms with Crippen LogP contribution in [0.5, 0.6) is 0 Å². The number of hydrogen-bond donors (Lipinski definition) is 0. The smallest absolute Gasteiger partial charge is 0.169 e. The van der Waals surface area contributed by atoms with E-state index in [1.807, 2.05) is 0 Å². The highest BCUT2D eigenvalue weighted by atomic mass is 127. The molecule has 0 aliphatic heterocycles. The van der Waals surface area contributed by atoms with Gasteiger partial charge in [0.2, 0.25) is 0 Å². The lowest BCUT2D eigenvalue weighted by Crippen LogP contribution is -1.97. The maximum Gasteiger partial charge on any atom is 0.169 e. The highest BCUT2D eigenvalue weighted by Crippen LogP contribution is 2.33. The van der Waals surface area contributed by atoms with Crippen LogP contribution in [-0.2, 0) is 6.42 Å². The largest absolute Gasteiger partial charge is 0.274 e. The van der Waals surface area contributed by atoms with Gasteiger partial charge in [0.05, 0.1) is 5.52 Å². The number of benzene rings is 3. The molecule has 0 fully saturated rings. The van der Waals surface area contributed by atoms with Gasteiger partial charge in [0.15, 0.2) is 11.5 Å². The van der Waals surface area contributed by atoms with Gasteiger partial charge in [-0.15, -0.1) is 10.2 Å². The Morgan fingerprint density at radius 1 is 0.857 bits per heavy atom. The summed E-state index contributed by atoms with van der Waals surface area (Å²) in [5, 5.41) is 12.8. The van der Waals surface area contributed by atoms with Crippen LogP contribution in [0.4, 0.5) is 0 Å². The summed E-state index contributed by atoms with van der Waals surface area (Å²) in [5.41, 5.74) is 4.51. The number of fused-ring (bicyclic) bond motifs is 6. The quantitative estimate of drug-likeness (QED) is 0.219. The Kier molecular flexibility index (Phi) is 4.31. The lowest BCUT2D eigenvalue weighted by atomic mass is 9.98. The maximum absolute atomic E-state index is 4.58. The molecule has 138 valence electrons. The molecular weight excluding hydrogens is 457 g/mol. The van der Waals surface area contributed by atoms with E-state index in [-0.39, 0.29) is 0 Å². The van der Waals surface area contributed by atoms with Crippen molar-refractivity contribution in [1.82, 2.24) is 14.6 Å². The van der Waals surface area contributed by atoms with E-state index in [2.05, 4.69) is 118 Å². The first-order chi connectivity index (χ1) is 13.6. The Bertz CT molecular complexity index is 1320. The fourth-order valence-electron chi connectivity index (χ4n) is 3.98. The van der Waals surface area contributed by atoms with Crippen LogP contribution in [0.3, 0.4) is 0 Å². The molecule has 0 N–H and O–H groups in total. The van der Waals surface area contributed by atoms with Gasteiger partial charge in [-0.2, -0.15) is 0 Å². The molecule has 0 spiro atoms. The zero-order valence-corrected chi connectivity index (χ0v) is 18.0. The fourth-order valence-corrected chi connectivity index (χ4v) is 4.34. The molecule has 2 heterocycles. The summed E-state index contributed by atoms with van der Waals surface area (Å²) in [7, 11) is 0. The number of nitrogens with zero attached hydrogens (tertiary/aromatic N) is 3. The predicted octanol–water partition coefficient (Wildman–Crippen LogP) is 6.51. The summed E-state index contributed by atoms with van der Waals surface area (Å²) in [4.78, 5) is 0. The minimum absolute atomic E-state index is 0.629. The molecule has 0 aliphatic rings. The normalized spacial score (nSPS) is 11.9. The van der Waals surface area contributed by atoms with E-state index in [9.17, 15) is 0 Å². The Balaban J connectivity index is 1.89. The van der Waals surface area contributed by atoms with Crippen LogP contribution in [-0.4, -0.2) is 14.6 Å². The number of rotatable bonds is 3. The van der Waals surface area contributed by atoms with Crippen LogP contribution in [0.2, 0.25) is 0 Å². The van der Waals surface area contributed by atoms with Crippen LogP contribution >= 0.6 is 22.6 Å². The molecule has 0 saturated carbocycles. The first-order valence-electron chi connectivity index (χ1n) is 9.56. The van der Waals surface area contributed by atoms with E-state index in [0.717, 1.165) is 34.4 Å². The number of pyridine rings is 1. The standard InChI is InChI=1S/C24H20IN3/c1-15(2)13-16-7-12-22-21(14-16)19-5-3-4-6-20(19)24-27-26-23(28(22)24)17-8-10-18(25)11-9-17/h3-12,14-15H,13H2,1-2H3. The highest BCUT2D eigenvalue weighted by Gasteiger charge is 2.16. The molecule has 0 atom stereocenters. The molecule has 3 aromatic carbocycles. The average Bonchev–Trinajstić information content (AvgIpc) is 3.14. The summed E-state index contributed by atoms with van der Waals surface area (Å²) in [6, 6.07) is 23.8. The Morgan fingerprint density at radius 2 is 1.61 bits per heavy atom. The van der Waals surface area contributed by atoms with Crippen LogP contribution in [0, 0.1) is 9.49 Å². The maximum atomic E-state index is 4.58. The number of hydrogen-bond acceptors (Lipinski definition) is 2. The van der Waals surface area contributed by atoms with E-state index >= 15 is 0 Å². The lowest BCUT2D eigenvalue weighted by Gasteiger charge is -2.12. The molecule has 0 saturated heterocycles. The minimum Gasteiger partial charge on any atom is -0.274 e. The summed E-state index contributed by atoms with van der Waals surface area (Å²) >= 11 is 2.33. The number of halogens is 1. The molecule has 28 heavy (non-hydrogen) atoms. The SMILES string of the molecule is CC(C)Cc1ccc2c(c1)c1ccccc1c1nnc(-c3ccc(I)cc3)n21. The van der Waals surface area contributed by atoms with Crippen molar-refractivity contribution in [3.63, 3.8) is 0 Å². The monoisotopic (exact) mass is 477 g/mol. The first-order valence-corrected chi connectivity index (χ1v) is 10.6. The zero-order valence-electron chi connectivity index (χ0n) is 15.9. The van der Waals surface area contributed by atoms with Crippen LogP contribution in [0.1, 0.15) is 19.4 Å². The second-order valence-electron chi connectivity index (χ2n) is 7.68. The second kappa shape index (κ2) is 6.85. The molecule has 5 rings (SSSR count). The van der Waals surface area contributed by atoms with Gasteiger partial charge in [0.1, 0.15) is 0 Å². The van der Waals surface area contributed by atoms with Gasteiger partial charge in [0.25, 0.3) is 0 Å².